The van der Waals surface area contributed by atoms with Gasteiger partial charge < -0.3 is 4.90 Å². The van der Waals surface area contributed by atoms with Gasteiger partial charge in [-0.05, 0) is 11.3 Å². The maximum Gasteiger partial charge on any atom is 0.222 e. The van der Waals surface area contributed by atoms with Crippen molar-refractivity contribution in [2.45, 2.75) is 27.2 Å². The Balaban J connectivity index is 2.61. The van der Waals surface area contributed by atoms with E-state index in [-0.39, 0.29) is 5.41 Å². The molecule has 1 aliphatic rings. The SMILES string of the molecule is CN1CC(C(C)(C)C)CC1=O. The highest BCUT2D eigenvalue weighted by atomic mass is 16.2. The van der Waals surface area contributed by atoms with E-state index >= 15 is 0 Å². The number of hydrogen-bond acceptors (Lipinski definition) is 1. The highest BCUT2D eigenvalue weighted by Crippen LogP contribution is 2.33. The van der Waals surface area contributed by atoms with Gasteiger partial charge >= 0.3 is 0 Å². The van der Waals surface area contributed by atoms with Crippen LogP contribution in [0.2, 0.25) is 0 Å². The number of carbonyl (C=O) groups is 1. The smallest absolute Gasteiger partial charge is 0.222 e. The van der Waals surface area contributed by atoms with Gasteiger partial charge in [-0.1, -0.05) is 20.8 Å². The van der Waals surface area contributed by atoms with E-state index in [1.165, 1.54) is 0 Å². The van der Waals surface area contributed by atoms with Gasteiger partial charge in [0.2, 0.25) is 5.91 Å². The molecule has 0 aromatic rings. The minimum Gasteiger partial charge on any atom is -0.345 e. The summed E-state index contributed by atoms with van der Waals surface area (Å²) in [5.74, 6) is 0.838. The summed E-state index contributed by atoms with van der Waals surface area (Å²) in [6.45, 7) is 7.53. The third-order valence-corrected chi connectivity index (χ3v) is 2.57. The van der Waals surface area contributed by atoms with Crippen LogP contribution < -0.4 is 0 Å². The van der Waals surface area contributed by atoms with Gasteiger partial charge in [-0.15, -0.1) is 0 Å². The van der Waals surface area contributed by atoms with Crippen molar-refractivity contribution in [3.63, 3.8) is 0 Å². The van der Waals surface area contributed by atoms with Gasteiger partial charge in [0.15, 0.2) is 0 Å². The van der Waals surface area contributed by atoms with E-state index in [2.05, 4.69) is 20.8 Å². The minimum atomic E-state index is 0.278. The van der Waals surface area contributed by atoms with E-state index in [0.29, 0.717) is 11.8 Å². The van der Waals surface area contributed by atoms with Crippen molar-refractivity contribution in [3.05, 3.63) is 0 Å². The molecule has 0 aromatic carbocycles. The van der Waals surface area contributed by atoms with E-state index in [1.807, 2.05) is 11.9 Å². The van der Waals surface area contributed by atoms with Gasteiger partial charge in [-0.25, -0.2) is 0 Å². The Morgan fingerprint density at radius 2 is 2.00 bits per heavy atom. The lowest BCUT2D eigenvalue weighted by atomic mass is 9.80. The first-order valence-electron chi connectivity index (χ1n) is 4.15. The zero-order chi connectivity index (χ0) is 8.65. The number of amides is 1. The van der Waals surface area contributed by atoms with Crippen LogP contribution in [0.5, 0.6) is 0 Å². The summed E-state index contributed by atoms with van der Waals surface area (Å²) in [5.41, 5.74) is 0.278. The topological polar surface area (TPSA) is 20.3 Å². The highest BCUT2D eigenvalue weighted by Gasteiger charge is 2.34. The first kappa shape index (κ1) is 8.57. The molecule has 1 unspecified atom stereocenters. The maximum atomic E-state index is 11.2. The second kappa shape index (κ2) is 2.50. The molecular formula is C9H17NO. The summed E-state index contributed by atoms with van der Waals surface area (Å²) in [6.07, 6.45) is 0.736. The molecule has 0 spiro atoms. The van der Waals surface area contributed by atoms with E-state index in [0.717, 1.165) is 13.0 Å². The monoisotopic (exact) mass is 155 g/mol. The zero-order valence-corrected chi connectivity index (χ0v) is 7.85. The Hall–Kier alpha value is -0.530. The summed E-state index contributed by atoms with van der Waals surface area (Å²) in [7, 11) is 1.88. The molecule has 0 aromatic heterocycles. The number of rotatable bonds is 0. The molecule has 0 N–H and O–H groups in total. The van der Waals surface area contributed by atoms with Gasteiger partial charge in [-0.2, -0.15) is 0 Å². The Kier molecular flexibility index (Phi) is 1.95. The summed E-state index contributed by atoms with van der Waals surface area (Å²) in [6, 6.07) is 0. The second-order valence-electron chi connectivity index (χ2n) is 4.54. The Bertz CT molecular complexity index is 169. The van der Waals surface area contributed by atoms with Crippen LogP contribution in [0, 0.1) is 11.3 Å². The molecule has 1 rings (SSSR count). The van der Waals surface area contributed by atoms with Crippen LogP contribution in [0.1, 0.15) is 27.2 Å². The van der Waals surface area contributed by atoms with Crippen molar-refractivity contribution < 1.29 is 4.79 Å². The third kappa shape index (κ3) is 1.73. The zero-order valence-electron chi connectivity index (χ0n) is 7.85. The Morgan fingerprint density at radius 3 is 2.18 bits per heavy atom. The second-order valence-corrected chi connectivity index (χ2v) is 4.54. The van der Waals surface area contributed by atoms with Crippen molar-refractivity contribution in [1.29, 1.82) is 0 Å². The van der Waals surface area contributed by atoms with Crippen molar-refractivity contribution in [1.82, 2.24) is 4.90 Å². The molecule has 1 atom stereocenters. The van der Waals surface area contributed by atoms with Crippen LogP contribution in [0.4, 0.5) is 0 Å². The van der Waals surface area contributed by atoms with Crippen LogP contribution >= 0.6 is 0 Å². The number of likely N-dealkylation sites (tertiary alicyclic amines) is 1. The van der Waals surface area contributed by atoms with E-state index in [9.17, 15) is 4.79 Å². The van der Waals surface area contributed by atoms with Gasteiger partial charge in [0.05, 0.1) is 0 Å². The molecule has 1 amide bonds. The minimum absolute atomic E-state index is 0.278. The fourth-order valence-corrected chi connectivity index (χ4v) is 1.44. The van der Waals surface area contributed by atoms with Crippen LogP contribution in [0.3, 0.4) is 0 Å². The van der Waals surface area contributed by atoms with Crippen molar-refractivity contribution in [2.75, 3.05) is 13.6 Å². The average molecular weight is 155 g/mol. The molecule has 0 radical (unpaired) electrons. The summed E-state index contributed by atoms with van der Waals surface area (Å²) >= 11 is 0. The fraction of sp³-hybridized carbons (Fsp3) is 0.889. The molecule has 2 nitrogen and oxygen atoms in total. The Morgan fingerprint density at radius 1 is 1.45 bits per heavy atom. The molecule has 1 saturated heterocycles. The fourth-order valence-electron chi connectivity index (χ4n) is 1.44. The normalized spacial score (nSPS) is 26.4. The lowest BCUT2D eigenvalue weighted by Crippen LogP contribution is -2.24. The standard InChI is InChI=1S/C9H17NO/c1-9(2,3)7-5-8(11)10(4)6-7/h7H,5-6H2,1-4H3. The molecule has 0 aliphatic carbocycles. The number of carbonyl (C=O) groups excluding carboxylic acids is 1. The molecule has 0 saturated carbocycles. The van der Waals surface area contributed by atoms with Gasteiger partial charge in [0, 0.05) is 20.0 Å². The first-order chi connectivity index (χ1) is 4.91. The molecule has 0 bridgehead atoms. The third-order valence-electron chi connectivity index (χ3n) is 2.57. The van der Waals surface area contributed by atoms with E-state index in [1.54, 1.807) is 0 Å². The average Bonchev–Trinajstić information content (AvgIpc) is 2.11. The highest BCUT2D eigenvalue weighted by molar-refractivity contribution is 5.78. The molecule has 1 fully saturated rings. The lowest BCUT2D eigenvalue weighted by Gasteiger charge is -2.25. The lowest BCUT2D eigenvalue weighted by molar-refractivity contribution is -0.126. The molecular weight excluding hydrogens is 138 g/mol. The predicted molar refractivity (Wildman–Crippen MR) is 45.2 cm³/mol. The van der Waals surface area contributed by atoms with Crippen molar-refractivity contribution in [3.8, 4) is 0 Å². The van der Waals surface area contributed by atoms with Crippen LogP contribution in [0.25, 0.3) is 0 Å². The Labute approximate surface area is 68.6 Å². The molecule has 1 aliphatic heterocycles. The van der Waals surface area contributed by atoms with Crippen LogP contribution in [-0.4, -0.2) is 24.4 Å². The van der Waals surface area contributed by atoms with Crippen LogP contribution in [-0.2, 0) is 4.79 Å². The molecule has 2 heteroatoms. The maximum absolute atomic E-state index is 11.2. The van der Waals surface area contributed by atoms with E-state index in [4.69, 9.17) is 0 Å². The largest absolute Gasteiger partial charge is 0.345 e. The van der Waals surface area contributed by atoms with E-state index < -0.39 is 0 Å². The summed E-state index contributed by atoms with van der Waals surface area (Å²) in [4.78, 5) is 13.0. The van der Waals surface area contributed by atoms with Crippen LogP contribution in [0.15, 0.2) is 0 Å². The van der Waals surface area contributed by atoms with Gasteiger partial charge in [-0.3, -0.25) is 4.79 Å². The van der Waals surface area contributed by atoms with Crippen molar-refractivity contribution in [2.24, 2.45) is 11.3 Å². The summed E-state index contributed by atoms with van der Waals surface area (Å²) in [5, 5.41) is 0. The van der Waals surface area contributed by atoms with Crippen molar-refractivity contribution >= 4 is 5.91 Å². The van der Waals surface area contributed by atoms with Gasteiger partial charge in [0.25, 0.3) is 0 Å². The molecule has 1 heterocycles. The first-order valence-corrected chi connectivity index (χ1v) is 4.15. The number of nitrogens with zero attached hydrogens (tertiary/aromatic N) is 1. The predicted octanol–water partition coefficient (Wildman–Crippen LogP) is 1.51. The summed E-state index contributed by atoms with van der Waals surface area (Å²) < 4.78 is 0. The van der Waals surface area contributed by atoms with Gasteiger partial charge in [0.1, 0.15) is 0 Å². The quantitative estimate of drug-likeness (QED) is 0.519. The molecule has 11 heavy (non-hydrogen) atoms. The molecule has 64 valence electrons. The number of hydrogen-bond donors (Lipinski definition) is 0.